The molecule has 0 aliphatic carbocycles. The summed E-state index contributed by atoms with van der Waals surface area (Å²) in [5, 5.41) is 17.3. The molecule has 0 radical (unpaired) electrons. The Morgan fingerprint density at radius 1 is 0.756 bits per heavy atom. The summed E-state index contributed by atoms with van der Waals surface area (Å²) in [6.45, 7) is 2.10. The van der Waals surface area contributed by atoms with Crippen LogP contribution in [-0.4, -0.2) is 26.8 Å². The first-order valence-electron chi connectivity index (χ1n) is 14.1. The molecule has 0 spiro atoms. The molecule has 0 saturated heterocycles. The topological polar surface area (TPSA) is 84.2 Å². The Balaban J connectivity index is 1.36. The largest absolute Gasteiger partial charge is 0.478 e. The van der Waals surface area contributed by atoms with E-state index in [0.717, 1.165) is 22.8 Å². The second kappa shape index (κ2) is 12.1. The average molecular weight is 606 g/mol. The van der Waals surface area contributed by atoms with E-state index in [1.807, 2.05) is 24.3 Å². The van der Waals surface area contributed by atoms with Crippen molar-refractivity contribution in [2.24, 2.45) is 0 Å². The zero-order chi connectivity index (χ0) is 31.7. The molecule has 1 atom stereocenters. The van der Waals surface area contributed by atoms with Gasteiger partial charge in [-0.15, -0.1) is 0 Å². The van der Waals surface area contributed by atoms with E-state index in [1.54, 1.807) is 54.2 Å². The maximum Gasteiger partial charge on any atom is 0.335 e. The molecule has 0 unspecified atom stereocenters. The summed E-state index contributed by atoms with van der Waals surface area (Å²) in [5.74, 6) is -3.29. The highest BCUT2D eigenvalue weighted by Gasteiger charge is 2.20. The lowest BCUT2D eigenvalue weighted by atomic mass is 9.99. The Hall–Kier alpha value is -5.70. The Labute approximate surface area is 256 Å². The monoisotopic (exact) mass is 605 g/mol. The standard InChI is InChI=1S/C36H26F3N3O3/c1-21(23-6-8-26(9-7-23)36(44)45)41-35(43)33-17-27(28-15-31(38)18-32(39)16-28)14-29-19-40-42(34(29)33)20-22-2-4-24(5-3-22)25-10-12-30(37)13-11-25/h2-19,21H,20H2,1H3,(H,41,43)(H,44,45)/t21-/m0/s1. The molecule has 6 nitrogen and oxygen atoms in total. The molecule has 2 N–H and O–H groups in total. The fourth-order valence-corrected chi connectivity index (χ4v) is 5.30. The summed E-state index contributed by atoms with van der Waals surface area (Å²) in [7, 11) is 0. The third-order valence-electron chi connectivity index (χ3n) is 7.64. The molecule has 6 aromatic rings. The van der Waals surface area contributed by atoms with Crippen LogP contribution in [0.2, 0.25) is 0 Å². The van der Waals surface area contributed by atoms with Crippen molar-refractivity contribution in [1.82, 2.24) is 15.1 Å². The van der Waals surface area contributed by atoms with Crippen LogP contribution in [0.5, 0.6) is 0 Å². The van der Waals surface area contributed by atoms with E-state index in [2.05, 4.69) is 10.4 Å². The van der Waals surface area contributed by atoms with Crippen molar-refractivity contribution in [3.8, 4) is 22.3 Å². The van der Waals surface area contributed by atoms with Gasteiger partial charge < -0.3 is 10.4 Å². The highest BCUT2D eigenvalue weighted by Crippen LogP contribution is 2.30. The minimum Gasteiger partial charge on any atom is -0.478 e. The maximum atomic E-state index is 14.1. The fraction of sp³-hybridized carbons (Fsp3) is 0.0833. The molecule has 9 heteroatoms. The van der Waals surface area contributed by atoms with Gasteiger partial charge in [0.1, 0.15) is 17.5 Å². The van der Waals surface area contributed by atoms with E-state index in [0.29, 0.717) is 28.6 Å². The fourth-order valence-electron chi connectivity index (χ4n) is 5.30. The lowest BCUT2D eigenvalue weighted by Crippen LogP contribution is -2.27. The van der Waals surface area contributed by atoms with Crippen LogP contribution in [0.25, 0.3) is 33.2 Å². The first kappa shape index (κ1) is 29.4. The number of carbonyl (C=O) groups is 2. The van der Waals surface area contributed by atoms with E-state index in [1.165, 1.54) is 36.4 Å². The van der Waals surface area contributed by atoms with Crippen molar-refractivity contribution in [3.05, 3.63) is 149 Å². The third kappa shape index (κ3) is 6.33. The van der Waals surface area contributed by atoms with E-state index < -0.39 is 29.6 Å². The lowest BCUT2D eigenvalue weighted by Gasteiger charge is -2.17. The van der Waals surface area contributed by atoms with Gasteiger partial charge in [0.05, 0.1) is 35.4 Å². The zero-order valence-corrected chi connectivity index (χ0v) is 24.0. The molecule has 0 aliphatic heterocycles. The highest BCUT2D eigenvalue weighted by atomic mass is 19.1. The predicted molar refractivity (Wildman–Crippen MR) is 165 cm³/mol. The van der Waals surface area contributed by atoms with Crippen LogP contribution in [0, 0.1) is 17.5 Å². The molecule has 45 heavy (non-hydrogen) atoms. The van der Waals surface area contributed by atoms with Gasteiger partial charge >= 0.3 is 5.97 Å². The molecule has 5 aromatic carbocycles. The summed E-state index contributed by atoms with van der Waals surface area (Å²) in [6.07, 6.45) is 1.60. The van der Waals surface area contributed by atoms with Crippen molar-refractivity contribution in [1.29, 1.82) is 0 Å². The molecular formula is C36H26F3N3O3. The number of benzene rings is 5. The molecule has 6 rings (SSSR count). The van der Waals surface area contributed by atoms with Gasteiger partial charge in [-0.1, -0.05) is 48.5 Å². The average Bonchev–Trinajstić information content (AvgIpc) is 3.43. The number of hydrogen-bond acceptors (Lipinski definition) is 3. The van der Waals surface area contributed by atoms with Crippen LogP contribution in [0.1, 0.15) is 44.8 Å². The number of carbonyl (C=O) groups excluding carboxylic acids is 1. The first-order valence-corrected chi connectivity index (χ1v) is 14.1. The number of halogens is 3. The minimum absolute atomic E-state index is 0.128. The van der Waals surface area contributed by atoms with Crippen molar-refractivity contribution in [3.63, 3.8) is 0 Å². The number of nitrogens with one attached hydrogen (secondary N) is 1. The summed E-state index contributed by atoms with van der Waals surface area (Å²) in [4.78, 5) is 25.1. The van der Waals surface area contributed by atoms with Crippen LogP contribution < -0.4 is 5.32 Å². The zero-order valence-electron chi connectivity index (χ0n) is 24.0. The quantitative estimate of drug-likeness (QED) is 0.184. The number of fused-ring (bicyclic) bond motifs is 1. The Morgan fingerprint density at radius 3 is 1.98 bits per heavy atom. The van der Waals surface area contributed by atoms with Gasteiger partial charge in [-0.3, -0.25) is 9.48 Å². The summed E-state index contributed by atoms with van der Waals surface area (Å²) < 4.78 is 43.3. The molecule has 1 heterocycles. The van der Waals surface area contributed by atoms with Gasteiger partial charge in [0.25, 0.3) is 5.91 Å². The number of carboxylic acids is 1. The number of carboxylic acid groups (broad SMARTS) is 1. The second-order valence-electron chi connectivity index (χ2n) is 10.7. The Kier molecular flexibility index (Phi) is 7.91. The molecule has 224 valence electrons. The molecule has 0 bridgehead atoms. The van der Waals surface area contributed by atoms with Crippen LogP contribution in [0.3, 0.4) is 0 Å². The number of aromatic nitrogens is 2. The summed E-state index contributed by atoms with van der Waals surface area (Å²) >= 11 is 0. The van der Waals surface area contributed by atoms with Gasteiger partial charge in [-0.2, -0.15) is 5.10 Å². The van der Waals surface area contributed by atoms with E-state index in [-0.39, 0.29) is 22.5 Å². The maximum absolute atomic E-state index is 14.1. The van der Waals surface area contributed by atoms with Crippen LogP contribution in [0.15, 0.2) is 109 Å². The highest BCUT2D eigenvalue weighted by molar-refractivity contribution is 6.07. The Morgan fingerprint density at radius 2 is 1.36 bits per heavy atom. The SMILES string of the molecule is C[C@H](NC(=O)c1cc(-c2cc(F)cc(F)c2)cc2cnn(Cc3ccc(-c4ccc(F)cc4)cc3)c12)c1ccc(C(=O)O)cc1. The minimum atomic E-state index is -1.05. The molecule has 0 saturated carbocycles. The van der Waals surface area contributed by atoms with Crippen molar-refractivity contribution >= 4 is 22.8 Å². The van der Waals surface area contributed by atoms with Gasteiger partial charge in [-0.05, 0) is 88.8 Å². The Bertz CT molecular complexity index is 2020. The van der Waals surface area contributed by atoms with Crippen molar-refractivity contribution < 1.29 is 27.9 Å². The number of rotatable bonds is 8. The van der Waals surface area contributed by atoms with Crippen LogP contribution in [-0.2, 0) is 6.54 Å². The summed E-state index contributed by atoms with van der Waals surface area (Å²) in [5.41, 5.74) is 5.01. The van der Waals surface area contributed by atoms with Gasteiger partial charge in [0, 0.05) is 11.5 Å². The van der Waals surface area contributed by atoms with E-state index in [9.17, 15) is 27.9 Å². The third-order valence-corrected chi connectivity index (χ3v) is 7.64. The van der Waals surface area contributed by atoms with Gasteiger partial charge in [0.15, 0.2) is 0 Å². The second-order valence-corrected chi connectivity index (χ2v) is 10.7. The van der Waals surface area contributed by atoms with Crippen LogP contribution in [0.4, 0.5) is 13.2 Å². The summed E-state index contributed by atoms with van der Waals surface area (Å²) in [6, 6.07) is 26.2. The van der Waals surface area contributed by atoms with Crippen molar-refractivity contribution in [2.45, 2.75) is 19.5 Å². The van der Waals surface area contributed by atoms with Gasteiger partial charge in [-0.25, -0.2) is 18.0 Å². The normalized spacial score (nSPS) is 11.8. The lowest BCUT2D eigenvalue weighted by molar-refractivity contribution is 0.0696. The smallest absolute Gasteiger partial charge is 0.335 e. The molecule has 0 fully saturated rings. The molecule has 0 aliphatic rings. The van der Waals surface area contributed by atoms with Crippen molar-refractivity contribution in [2.75, 3.05) is 0 Å². The molecule has 1 amide bonds. The first-order chi connectivity index (χ1) is 21.6. The predicted octanol–water partition coefficient (Wildman–Crippen LogP) is 8.03. The molecule has 1 aromatic heterocycles. The number of nitrogens with zero attached hydrogens (tertiary/aromatic N) is 2. The van der Waals surface area contributed by atoms with Crippen LogP contribution >= 0.6 is 0 Å². The number of amides is 1. The number of hydrogen-bond donors (Lipinski definition) is 2. The van der Waals surface area contributed by atoms with E-state index in [4.69, 9.17) is 0 Å². The number of aromatic carboxylic acids is 1. The van der Waals surface area contributed by atoms with Gasteiger partial charge in [0.2, 0.25) is 0 Å². The van der Waals surface area contributed by atoms with E-state index >= 15 is 0 Å². The molecular weight excluding hydrogens is 579 g/mol.